The van der Waals surface area contributed by atoms with Crippen molar-refractivity contribution in [3.8, 4) is 6.07 Å². The summed E-state index contributed by atoms with van der Waals surface area (Å²) in [7, 11) is 0. The first-order chi connectivity index (χ1) is 14.7. The number of amides is 1. The molecule has 0 bridgehead atoms. The zero-order chi connectivity index (χ0) is 22.9. The maximum Gasteiger partial charge on any atom is 0.329 e. The molecule has 1 aromatic carbocycles. The highest BCUT2D eigenvalue weighted by atomic mass is 16.6. The van der Waals surface area contributed by atoms with Crippen LogP contribution >= 0.6 is 0 Å². The van der Waals surface area contributed by atoms with Gasteiger partial charge in [-0.05, 0) is 19.4 Å². The van der Waals surface area contributed by atoms with E-state index in [9.17, 15) is 29.8 Å². The van der Waals surface area contributed by atoms with E-state index in [2.05, 4.69) is 6.07 Å². The molecule has 160 valence electrons. The number of Topliss-reactive ketones (excluding diaryl/α,β-unsaturated/α-hetero) is 1. The maximum absolute atomic E-state index is 13.1. The molecule has 10 heteroatoms. The van der Waals surface area contributed by atoms with E-state index in [1.54, 1.807) is 6.92 Å². The highest BCUT2D eigenvalue weighted by Crippen LogP contribution is 2.53. The molecule has 3 rings (SSSR count). The smallest absolute Gasteiger partial charge is 0.329 e. The third-order valence-corrected chi connectivity index (χ3v) is 5.62. The number of ketones is 1. The van der Waals surface area contributed by atoms with Crippen LogP contribution < -0.4 is 5.73 Å². The van der Waals surface area contributed by atoms with Crippen molar-refractivity contribution in [2.45, 2.75) is 31.8 Å². The molecule has 2 N–H and O–H groups in total. The van der Waals surface area contributed by atoms with Gasteiger partial charge in [0.05, 0.1) is 23.6 Å². The lowest BCUT2D eigenvalue weighted by molar-refractivity contribution is -0.384. The SMILES string of the molecule is CCOC(=O)[C@]1(C#N)[C@H](c2ccc([N+](=O)[O-])cc2)[C@H](C(N)=O)N2C=C(C(C)=O)C=C[C@H]21. The van der Waals surface area contributed by atoms with E-state index in [0.717, 1.165) is 0 Å². The van der Waals surface area contributed by atoms with Crippen LogP contribution in [-0.4, -0.2) is 46.2 Å². The Morgan fingerprint density at radius 3 is 2.45 bits per heavy atom. The van der Waals surface area contributed by atoms with Gasteiger partial charge in [-0.25, -0.2) is 0 Å². The predicted octanol–water partition coefficient (Wildman–Crippen LogP) is 1.33. The van der Waals surface area contributed by atoms with Gasteiger partial charge in [0, 0.05) is 29.8 Å². The van der Waals surface area contributed by atoms with Crippen LogP contribution in [0.1, 0.15) is 25.3 Å². The summed E-state index contributed by atoms with van der Waals surface area (Å²) < 4.78 is 5.22. The summed E-state index contributed by atoms with van der Waals surface area (Å²) in [6.45, 7) is 2.94. The number of carbonyl (C=O) groups is 3. The fourth-order valence-corrected chi connectivity index (χ4v) is 4.27. The van der Waals surface area contributed by atoms with Gasteiger partial charge < -0.3 is 15.4 Å². The van der Waals surface area contributed by atoms with Crippen LogP contribution in [0.5, 0.6) is 0 Å². The van der Waals surface area contributed by atoms with Gasteiger partial charge in [0.2, 0.25) is 5.91 Å². The standard InChI is InChI=1S/C21H20N4O6/c1-3-31-20(28)21(11-22)16-9-6-14(12(2)26)10-24(16)18(19(23)27)17(21)13-4-7-15(8-5-13)25(29)30/h4-10,16-18H,3H2,1-2H3,(H2,23,27)/t16-,17+,18+,21-/m0/s1. The summed E-state index contributed by atoms with van der Waals surface area (Å²) in [6, 6.07) is 5.18. The second-order valence-electron chi connectivity index (χ2n) is 7.27. The number of nitro benzene ring substituents is 1. The number of nitriles is 1. The Bertz CT molecular complexity index is 1050. The summed E-state index contributed by atoms with van der Waals surface area (Å²) in [5.74, 6) is -3.02. The highest BCUT2D eigenvalue weighted by Gasteiger charge is 2.66. The van der Waals surface area contributed by atoms with Crippen LogP contribution in [-0.2, 0) is 19.1 Å². The molecule has 0 spiro atoms. The van der Waals surface area contributed by atoms with E-state index in [1.807, 2.05) is 0 Å². The number of esters is 1. The number of fused-ring (bicyclic) bond motifs is 1. The molecule has 0 aliphatic carbocycles. The summed E-state index contributed by atoms with van der Waals surface area (Å²) in [6.07, 6.45) is 4.42. The van der Waals surface area contributed by atoms with Gasteiger partial charge >= 0.3 is 5.97 Å². The Balaban J connectivity index is 2.27. The van der Waals surface area contributed by atoms with Crippen LogP contribution in [0.4, 0.5) is 5.69 Å². The van der Waals surface area contributed by atoms with Gasteiger partial charge in [-0.1, -0.05) is 24.3 Å². The Hall–Kier alpha value is -4.00. The molecule has 10 nitrogen and oxygen atoms in total. The third kappa shape index (κ3) is 3.34. The lowest BCUT2D eigenvalue weighted by atomic mass is 9.68. The molecule has 4 atom stereocenters. The van der Waals surface area contributed by atoms with Crippen molar-refractivity contribution in [3.63, 3.8) is 0 Å². The molecule has 2 aliphatic heterocycles. The lowest BCUT2D eigenvalue weighted by Gasteiger charge is -2.32. The number of nitrogens with two attached hydrogens (primary N) is 1. The van der Waals surface area contributed by atoms with Crippen molar-refractivity contribution in [3.05, 3.63) is 63.9 Å². The maximum atomic E-state index is 13.1. The largest absolute Gasteiger partial charge is 0.465 e. The zero-order valence-electron chi connectivity index (χ0n) is 16.8. The number of non-ortho nitro benzene ring substituents is 1. The average molecular weight is 424 g/mol. The number of nitro groups is 1. The first-order valence-electron chi connectivity index (χ1n) is 9.49. The molecule has 1 fully saturated rings. The van der Waals surface area contributed by atoms with Gasteiger partial charge in [-0.15, -0.1) is 0 Å². The number of hydrogen-bond donors (Lipinski definition) is 1. The number of nitrogens with zero attached hydrogens (tertiary/aromatic N) is 3. The Morgan fingerprint density at radius 1 is 1.32 bits per heavy atom. The van der Waals surface area contributed by atoms with E-state index in [-0.39, 0.29) is 23.7 Å². The zero-order valence-corrected chi connectivity index (χ0v) is 16.8. The number of primary amides is 1. The molecule has 0 unspecified atom stereocenters. The molecule has 1 saturated heterocycles. The molecule has 0 aromatic heterocycles. The molecule has 0 saturated carbocycles. The van der Waals surface area contributed by atoms with Gasteiger partial charge in [0.15, 0.2) is 11.2 Å². The van der Waals surface area contributed by atoms with Crippen LogP contribution in [0.15, 0.2) is 48.2 Å². The number of ether oxygens (including phenoxy) is 1. The predicted molar refractivity (Wildman–Crippen MR) is 107 cm³/mol. The average Bonchev–Trinajstić information content (AvgIpc) is 3.04. The first kappa shape index (κ1) is 21.7. The first-order valence-corrected chi connectivity index (χ1v) is 9.49. The number of benzene rings is 1. The van der Waals surface area contributed by atoms with E-state index >= 15 is 0 Å². The van der Waals surface area contributed by atoms with E-state index in [0.29, 0.717) is 5.56 Å². The van der Waals surface area contributed by atoms with Crippen LogP contribution in [0.25, 0.3) is 0 Å². The molecular formula is C21H20N4O6. The van der Waals surface area contributed by atoms with Gasteiger partial charge in [-0.2, -0.15) is 5.26 Å². The highest BCUT2D eigenvalue weighted by molar-refractivity contribution is 5.97. The monoisotopic (exact) mass is 424 g/mol. The second-order valence-corrected chi connectivity index (χ2v) is 7.27. The number of hydrogen-bond acceptors (Lipinski definition) is 8. The summed E-state index contributed by atoms with van der Waals surface area (Å²) in [4.78, 5) is 49.5. The minimum atomic E-state index is -1.87. The van der Waals surface area contributed by atoms with Crippen LogP contribution in [0.2, 0.25) is 0 Å². The summed E-state index contributed by atoms with van der Waals surface area (Å²) >= 11 is 0. The quantitative estimate of drug-likeness (QED) is 0.407. The molecule has 1 amide bonds. The van der Waals surface area contributed by atoms with Gasteiger partial charge in [0.1, 0.15) is 6.04 Å². The Morgan fingerprint density at radius 2 is 1.97 bits per heavy atom. The van der Waals surface area contributed by atoms with E-state index in [4.69, 9.17) is 10.5 Å². The molecule has 1 aromatic rings. The van der Waals surface area contributed by atoms with Crippen LogP contribution in [0, 0.1) is 26.9 Å². The second kappa shape index (κ2) is 8.02. The number of carbonyl (C=O) groups excluding carboxylic acids is 3. The normalized spacial score (nSPS) is 26.4. The van der Waals surface area contributed by atoms with Crippen molar-refractivity contribution in [1.29, 1.82) is 5.26 Å². The molecular weight excluding hydrogens is 404 g/mol. The Labute approximate surface area is 177 Å². The molecule has 2 aliphatic rings. The van der Waals surface area contributed by atoms with E-state index < -0.39 is 40.2 Å². The van der Waals surface area contributed by atoms with Crippen LogP contribution in [0.3, 0.4) is 0 Å². The Kier molecular flexibility index (Phi) is 5.62. The number of allylic oxidation sites excluding steroid dienone is 2. The van der Waals surface area contributed by atoms with Crippen molar-refractivity contribution >= 4 is 23.3 Å². The van der Waals surface area contributed by atoms with Crippen molar-refractivity contribution < 1.29 is 24.0 Å². The van der Waals surface area contributed by atoms with Crippen molar-refractivity contribution in [1.82, 2.24) is 4.90 Å². The summed E-state index contributed by atoms with van der Waals surface area (Å²) in [5.41, 5.74) is 4.25. The molecule has 0 radical (unpaired) electrons. The minimum Gasteiger partial charge on any atom is -0.465 e. The summed E-state index contributed by atoms with van der Waals surface area (Å²) in [5, 5.41) is 21.3. The minimum absolute atomic E-state index is 0.00144. The number of rotatable bonds is 6. The van der Waals surface area contributed by atoms with Gasteiger partial charge in [0.25, 0.3) is 5.69 Å². The van der Waals surface area contributed by atoms with Crippen molar-refractivity contribution in [2.75, 3.05) is 6.61 Å². The van der Waals surface area contributed by atoms with E-state index in [1.165, 1.54) is 54.4 Å². The molecule has 31 heavy (non-hydrogen) atoms. The lowest BCUT2D eigenvalue weighted by Crippen LogP contribution is -2.45. The van der Waals surface area contributed by atoms with Crippen molar-refractivity contribution in [2.24, 2.45) is 11.1 Å². The third-order valence-electron chi connectivity index (χ3n) is 5.62. The molecule has 2 heterocycles. The fraction of sp³-hybridized carbons (Fsp3) is 0.333. The topological polar surface area (TPSA) is 157 Å². The van der Waals surface area contributed by atoms with Gasteiger partial charge in [-0.3, -0.25) is 24.5 Å². The fourth-order valence-electron chi connectivity index (χ4n) is 4.27.